The minimum Gasteiger partial charge on any atom is -0.508 e. The van der Waals surface area contributed by atoms with Crippen LogP contribution in [0.15, 0.2) is 30.5 Å². The zero-order valence-electron chi connectivity index (χ0n) is 11.9. The molecular weight excluding hydrogens is 252 g/mol. The number of phenols is 1. The van der Waals surface area contributed by atoms with E-state index in [1.54, 1.807) is 30.5 Å². The molecular formula is C17H20O3. The molecule has 0 bridgehead atoms. The van der Waals surface area contributed by atoms with E-state index in [4.69, 9.17) is 4.74 Å². The average molecular weight is 272 g/mol. The standard InChI is InChI=1S/C17H20O3/c1-10-7-14-16(8-11(10)2)20-9-15(17(14)19)12-3-5-13(18)6-4-12/h3-6,9-11,14,16,18H,7-8H2,1-2H3. The summed E-state index contributed by atoms with van der Waals surface area (Å²) in [6.07, 6.45) is 3.50. The van der Waals surface area contributed by atoms with E-state index in [9.17, 15) is 9.90 Å². The molecule has 4 unspecified atom stereocenters. The second kappa shape index (κ2) is 4.97. The Hall–Kier alpha value is -1.77. The van der Waals surface area contributed by atoms with E-state index in [1.807, 2.05) is 0 Å². The van der Waals surface area contributed by atoms with Gasteiger partial charge in [-0.05, 0) is 42.4 Å². The predicted octanol–water partition coefficient (Wildman–Crippen LogP) is 3.38. The zero-order valence-corrected chi connectivity index (χ0v) is 11.9. The van der Waals surface area contributed by atoms with Crippen LogP contribution < -0.4 is 0 Å². The number of allylic oxidation sites excluding steroid dienone is 1. The van der Waals surface area contributed by atoms with Gasteiger partial charge in [-0.25, -0.2) is 0 Å². The van der Waals surface area contributed by atoms with Gasteiger partial charge < -0.3 is 9.84 Å². The molecule has 4 atom stereocenters. The topological polar surface area (TPSA) is 46.5 Å². The molecule has 1 fully saturated rings. The molecule has 1 saturated carbocycles. The van der Waals surface area contributed by atoms with E-state index in [-0.39, 0.29) is 23.6 Å². The van der Waals surface area contributed by atoms with Crippen LogP contribution in [0.5, 0.6) is 5.75 Å². The van der Waals surface area contributed by atoms with Crippen molar-refractivity contribution in [3.05, 3.63) is 36.1 Å². The van der Waals surface area contributed by atoms with Gasteiger partial charge in [0.05, 0.1) is 17.8 Å². The van der Waals surface area contributed by atoms with Gasteiger partial charge in [0.1, 0.15) is 11.9 Å². The Morgan fingerprint density at radius 3 is 2.45 bits per heavy atom. The van der Waals surface area contributed by atoms with Crippen LogP contribution >= 0.6 is 0 Å². The number of ether oxygens (including phenoxy) is 1. The van der Waals surface area contributed by atoms with Crippen molar-refractivity contribution in [2.24, 2.45) is 17.8 Å². The molecule has 0 amide bonds. The third-order valence-electron chi connectivity index (χ3n) is 4.79. The van der Waals surface area contributed by atoms with Crippen molar-refractivity contribution in [3.63, 3.8) is 0 Å². The molecule has 2 aliphatic rings. The SMILES string of the molecule is CC1CC2OC=C(c3ccc(O)cc3)C(=O)C2CC1C. The number of aromatic hydroxyl groups is 1. The molecule has 3 rings (SSSR count). The van der Waals surface area contributed by atoms with Crippen molar-refractivity contribution in [3.8, 4) is 5.75 Å². The van der Waals surface area contributed by atoms with Crippen molar-refractivity contribution >= 4 is 11.4 Å². The Balaban J connectivity index is 1.88. The molecule has 3 nitrogen and oxygen atoms in total. The highest BCUT2D eigenvalue weighted by molar-refractivity contribution is 6.22. The smallest absolute Gasteiger partial charge is 0.173 e. The summed E-state index contributed by atoms with van der Waals surface area (Å²) in [5.41, 5.74) is 1.45. The summed E-state index contributed by atoms with van der Waals surface area (Å²) in [4.78, 5) is 12.7. The van der Waals surface area contributed by atoms with Crippen LogP contribution in [-0.2, 0) is 9.53 Å². The van der Waals surface area contributed by atoms with E-state index in [0.29, 0.717) is 17.4 Å². The van der Waals surface area contributed by atoms with Gasteiger partial charge >= 0.3 is 0 Å². The van der Waals surface area contributed by atoms with Crippen LogP contribution in [0.4, 0.5) is 0 Å². The van der Waals surface area contributed by atoms with Crippen LogP contribution in [0, 0.1) is 17.8 Å². The number of rotatable bonds is 1. The first kappa shape index (κ1) is 13.2. The Morgan fingerprint density at radius 2 is 1.75 bits per heavy atom. The highest BCUT2D eigenvalue weighted by Crippen LogP contribution is 2.41. The van der Waals surface area contributed by atoms with Gasteiger partial charge in [0.15, 0.2) is 5.78 Å². The van der Waals surface area contributed by atoms with Crippen LogP contribution in [-0.4, -0.2) is 17.0 Å². The van der Waals surface area contributed by atoms with E-state index < -0.39 is 0 Å². The number of hydrogen-bond acceptors (Lipinski definition) is 3. The first-order chi connectivity index (χ1) is 9.56. The molecule has 1 aromatic rings. The number of Topliss-reactive ketones (excluding diaryl/α,β-unsaturated/α-hetero) is 1. The minimum absolute atomic E-state index is 0.0185. The maximum absolute atomic E-state index is 12.7. The molecule has 1 aliphatic heterocycles. The van der Waals surface area contributed by atoms with Gasteiger partial charge in [-0.15, -0.1) is 0 Å². The number of hydrogen-bond donors (Lipinski definition) is 1. The van der Waals surface area contributed by atoms with Crippen LogP contribution in [0.3, 0.4) is 0 Å². The number of ketones is 1. The predicted molar refractivity (Wildman–Crippen MR) is 77.0 cm³/mol. The number of carbonyl (C=O) groups excluding carboxylic acids is 1. The molecule has 0 aromatic heterocycles. The third-order valence-corrected chi connectivity index (χ3v) is 4.79. The van der Waals surface area contributed by atoms with Crippen molar-refractivity contribution in [1.29, 1.82) is 0 Å². The van der Waals surface area contributed by atoms with Gasteiger partial charge in [-0.2, -0.15) is 0 Å². The van der Waals surface area contributed by atoms with Gasteiger partial charge in [0, 0.05) is 0 Å². The largest absolute Gasteiger partial charge is 0.508 e. The number of carbonyl (C=O) groups is 1. The summed E-state index contributed by atoms with van der Waals surface area (Å²) in [5.74, 6) is 1.54. The van der Waals surface area contributed by atoms with Crippen molar-refractivity contribution < 1.29 is 14.6 Å². The van der Waals surface area contributed by atoms with Gasteiger partial charge in [-0.3, -0.25) is 4.79 Å². The second-order valence-electron chi connectivity index (χ2n) is 6.15. The third kappa shape index (κ3) is 2.21. The fourth-order valence-corrected chi connectivity index (χ4v) is 3.24. The lowest BCUT2D eigenvalue weighted by molar-refractivity contribution is -0.126. The second-order valence-corrected chi connectivity index (χ2v) is 6.15. The van der Waals surface area contributed by atoms with Crippen LogP contribution in [0.2, 0.25) is 0 Å². The van der Waals surface area contributed by atoms with Crippen molar-refractivity contribution in [2.75, 3.05) is 0 Å². The average Bonchev–Trinajstić information content (AvgIpc) is 2.43. The van der Waals surface area contributed by atoms with Gasteiger partial charge in [0.2, 0.25) is 0 Å². The van der Waals surface area contributed by atoms with Crippen molar-refractivity contribution in [2.45, 2.75) is 32.8 Å². The minimum atomic E-state index is -0.0185. The normalized spacial score (nSPS) is 33.1. The summed E-state index contributed by atoms with van der Waals surface area (Å²) in [5, 5.41) is 9.34. The molecule has 1 aromatic carbocycles. The first-order valence-electron chi connectivity index (χ1n) is 7.25. The number of benzene rings is 1. The lowest BCUT2D eigenvalue weighted by Crippen LogP contribution is -2.41. The molecule has 0 radical (unpaired) electrons. The summed E-state index contributed by atoms with van der Waals surface area (Å²) in [6.45, 7) is 4.45. The summed E-state index contributed by atoms with van der Waals surface area (Å²) in [7, 11) is 0. The Morgan fingerprint density at radius 1 is 1.10 bits per heavy atom. The Labute approximate surface area is 119 Å². The Kier molecular flexibility index (Phi) is 3.28. The summed E-state index contributed by atoms with van der Waals surface area (Å²) < 4.78 is 5.82. The molecule has 20 heavy (non-hydrogen) atoms. The Bertz CT molecular complexity index is 544. The quantitative estimate of drug-likeness (QED) is 0.852. The maximum atomic E-state index is 12.7. The summed E-state index contributed by atoms with van der Waals surface area (Å²) in [6, 6.07) is 6.72. The van der Waals surface area contributed by atoms with Crippen LogP contribution in [0.1, 0.15) is 32.3 Å². The monoisotopic (exact) mass is 272 g/mol. The highest BCUT2D eigenvalue weighted by atomic mass is 16.5. The fourth-order valence-electron chi connectivity index (χ4n) is 3.24. The summed E-state index contributed by atoms with van der Waals surface area (Å²) >= 11 is 0. The number of fused-ring (bicyclic) bond motifs is 1. The molecule has 1 heterocycles. The first-order valence-corrected chi connectivity index (χ1v) is 7.25. The molecule has 106 valence electrons. The molecule has 3 heteroatoms. The lowest BCUT2D eigenvalue weighted by atomic mass is 9.70. The lowest BCUT2D eigenvalue weighted by Gasteiger charge is -2.40. The molecule has 1 aliphatic carbocycles. The van der Waals surface area contributed by atoms with Crippen LogP contribution in [0.25, 0.3) is 5.57 Å². The van der Waals surface area contributed by atoms with E-state index >= 15 is 0 Å². The van der Waals surface area contributed by atoms with E-state index in [1.165, 1.54) is 0 Å². The molecule has 1 N–H and O–H groups in total. The number of phenolic OH excluding ortho intramolecular Hbond substituents is 1. The fraction of sp³-hybridized carbons (Fsp3) is 0.471. The molecule has 0 saturated heterocycles. The zero-order chi connectivity index (χ0) is 14.3. The molecule has 0 spiro atoms. The van der Waals surface area contributed by atoms with Crippen molar-refractivity contribution in [1.82, 2.24) is 0 Å². The highest BCUT2D eigenvalue weighted by Gasteiger charge is 2.41. The van der Waals surface area contributed by atoms with Gasteiger partial charge in [-0.1, -0.05) is 26.0 Å². The van der Waals surface area contributed by atoms with Gasteiger partial charge in [0.25, 0.3) is 0 Å². The maximum Gasteiger partial charge on any atom is 0.173 e. The van der Waals surface area contributed by atoms with E-state index in [2.05, 4.69) is 13.8 Å². The van der Waals surface area contributed by atoms with E-state index in [0.717, 1.165) is 18.4 Å².